The molecule has 5 heteroatoms. The Morgan fingerprint density at radius 3 is 2.71 bits per heavy atom. The van der Waals surface area contributed by atoms with Crippen LogP contribution in [0.25, 0.3) is 0 Å². The second kappa shape index (κ2) is 6.32. The van der Waals surface area contributed by atoms with Crippen molar-refractivity contribution >= 4 is 28.3 Å². The van der Waals surface area contributed by atoms with E-state index < -0.39 is 0 Å². The van der Waals surface area contributed by atoms with Crippen LogP contribution in [0.5, 0.6) is 0 Å². The number of non-ortho nitro benzene ring substituents is 1. The van der Waals surface area contributed by atoms with Crippen LogP contribution in [0, 0.1) is 33.8 Å². The number of fused-ring (bicyclic) bond motifs is 3. The van der Waals surface area contributed by atoms with Crippen LogP contribution in [0.2, 0.25) is 0 Å². The Morgan fingerprint density at radius 1 is 1.38 bits per heavy atom. The summed E-state index contributed by atoms with van der Waals surface area (Å²) in [5.41, 5.74) is 0.982. The van der Waals surface area contributed by atoms with E-state index in [-0.39, 0.29) is 10.6 Å². The van der Waals surface area contributed by atoms with Gasteiger partial charge in [-0.2, -0.15) is 0 Å². The molecular weight excluding hydrogens is 379 g/mol. The molecule has 0 spiro atoms. The molecule has 4 atom stereocenters. The summed E-state index contributed by atoms with van der Waals surface area (Å²) in [5, 5.41) is 10.6. The lowest BCUT2D eigenvalue weighted by Gasteiger charge is -2.48. The smallest absolute Gasteiger partial charge is 0.269 e. The van der Waals surface area contributed by atoms with Gasteiger partial charge in [-0.3, -0.25) is 15.0 Å². The Hall–Kier alpha value is -1.13. The minimum absolute atomic E-state index is 0.119. The molecule has 0 aliphatic carbocycles. The first kappa shape index (κ1) is 14.8. The monoisotopic (exact) mass is 396 g/mol. The van der Waals surface area contributed by atoms with E-state index in [2.05, 4.69) is 39.3 Å². The normalized spacial score (nSPS) is 30.5. The van der Waals surface area contributed by atoms with Crippen LogP contribution in [0.15, 0.2) is 24.3 Å². The van der Waals surface area contributed by atoms with Gasteiger partial charge in [0.1, 0.15) is 0 Å². The summed E-state index contributed by atoms with van der Waals surface area (Å²) in [6, 6.07) is 7.25. The Bertz CT molecular complexity index is 591. The molecule has 1 aromatic carbocycles. The fourth-order valence-electron chi connectivity index (χ4n) is 3.30. The molecule has 0 N–H and O–H groups in total. The van der Waals surface area contributed by atoms with Crippen molar-refractivity contribution in [1.82, 2.24) is 4.90 Å². The topological polar surface area (TPSA) is 46.4 Å². The van der Waals surface area contributed by atoms with E-state index in [1.54, 1.807) is 12.1 Å². The number of hydrogen-bond donors (Lipinski definition) is 0. The molecule has 3 aliphatic heterocycles. The maximum atomic E-state index is 10.6. The van der Waals surface area contributed by atoms with Gasteiger partial charge in [0, 0.05) is 40.6 Å². The summed E-state index contributed by atoms with van der Waals surface area (Å²) in [4.78, 5) is 12.8. The number of rotatable bonds is 2. The zero-order chi connectivity index (χ0) is 14.8. The lowest BCUT2D eigenvalue weighted by Crippen LogP contribution is -2.53. The van der Waals surface area contributed by atoms with Gasteiger partial charge in [-0.05, 0) is 37.4 Å². The van der Waals surface area contributed by atoms with Crippen LogP contribution in [-0.4, -0.2) is 33.4 Å². The SMILES string of the molecule is O=[N+]([O-])c1ccc(C#C[C@H]2CN3CC[C@H]2C[C@H]3CI)cc1. The van der Waals surface area contributed by atoms with Gasteiger partial charge in [0.2, 0.25) is 0 Å². The third kappa shape index (κ3) is 3.22. The second-order valence-electron chi connectivity index (χ2n) is 5.77. The van der Waals surface area contributed by atoms with Gasteiger partial charge < -0.3 is 0 Å². The van der Waals surface area contributed by atoms with Crippen molar-refractivity contribution < 1.29 is 4.92 Å². The molecule has 4 nitrogen and oxygen atoms in total. The van der Waals surface area contributed by atoms with E-state index in [0.29, 0.717) is 5.92 Å². The average Bonchev–Trinajstić information content (AvgIpc) is 2.53. The van der Waals surface area contributed by atoms with Gasteiger partial charge >= 0.3 is 0 Å². The number of piperidine rings is 3. The maximum Gasteiger partial charge on any atom is 0.269 e. The number of nitrogens with zero attached hydrogens (tertiary/aromatic N) is 2. The van der Waals surface area contributed by atoms with Gasteiger partial charge in [0.05, 0.1) is 4.92 Å². The summed E-state index contributed by atoms with van der Waals surface area (Å²) in [6.07, 6.45) is 2.52. The molecule has 1 aromatic rings. The number of benzene rings is 1. The lowest BCUT2D eigenvalue weighted by atomic mass is 9.76. The first-order valence-corrected chi connectivity index (χ1v) is 8.76. The van der Waals surface area contributed by atoms with Gasteiger partial charge in [0.15, 0.2) is 0 Å². The minimum atomic E-state index is -0.380. The van der Waals surface area contributed by atoms with Gasteiger partial charge in [-0.1, -0.05) is 34.4 Å². The summed E-state index contributed by atoms with van der Waals surface area (Å²) in [5.74, 6) is 7.77. The van der Waals surface area contributed by atoms with Crippen LogP contribution >= 0.6 is 22.6 Å². The van der Waals surface area contributed by atoms with Gasteiger partial charge in [-0.25, -0.2) is 0 Å². The third-order valence-corrected chi connectivity index (χ3v) is 5.55. The van der Waals surface area contributed by atoms with Crippen molar-refractivity contribution in [2.24, 2.45) is 11.8 Å². The van der Waals surface area contributed by atoms with Gasteiger partial charge in [-0.15, -0.1) is 0 Å². The van der Waals surface area contributed by atoms with Gasteiger partial charge in [0.25, 0.3) is 5.69 Å². The molecule has 0 radical (unpaired) electrons. The number of nitro benzene ring substituents is 1. The predicted octanol–water partition coefficient (Wildman–Crippen LogP) is 3.09. The van der Waals surface area contributed by atoms with Crippen LogP contribution in [-0.2, 0) is 0 Å². The molecule has 3 fully saturated rings. The molecule has 3 aliphatic rings. The Labute approximate surface area is 138 Å². The molecule has 110 valence electrons. The van der Waals surface area contributed by atoms with Crippen molar-refractivity contribution in [3.8, 4) is 11.8 Å². The quantitative estimate of drug-likeness (QED) is 0.254. The fraction of sp³-hybridized carbons (Fsp3) is 0.500. The van der Waals surface area contributed by atoms with Crippen LogP contribution < -0.4 is 0 Å². The number of alkyl halides is 1. The number of nitro groups is 1. The highest BCUT2D eigenvalue weighted by Crippen LogP contribution is 2.36. The molecule has 21 heavy (non-hydrogen) atoms. The van der Waals surface area contributed by atoms with E-state index in [1.807, 2.05) is 0 Å². The second-order valence-corrected chi connectivity index (χ2v) is 6.65. The molecule has 2 bridgehead atoms. The molecular formula is C16H17IN2O2. The predicted molar refractivity (Wildman–Crippen MR) is 90.4 cm³/mol. The molecule has 3 heterocycles. The molecule has 0 saturated carbocycles. The Balaban J connectivity index is 1.69. The Morgan fingerprint density at radius 2 is 2.14 bits per heavy atom. The first-order chi connectivity index (χ1) is 10.2. The molecule has 1 unspecified atom stereocenters. The van der Waals surface area contributed by atoms with E-state index in [1.165, 1.54) is 35.9 Å². The van der Waals surface area contributed by atoms with Crippen molar-refractivity contribution in [2.45, 2.75) is 18.9 Å². The standard InChI is InChI=1S/C16H17IN2O2/c17-10-16-9-13-7-8-18(16)11-14(13)4-1-12-2-5-15(6-3-12)19(20)21/h2-3,5-6,13-14,16H,7-11H2/t13-,14-,16-/m0/s1. The summed E-state index contributed by atoms with van der Waals surface area (Å²) < 4.78 is 1.21. The highest BCUT2D eigenvalue weighted by Gasteiger charge is 2.38. The van der Waals surface area contributed by atoms with E-state index in [4.69, 9.17) is 0 Å². The van der Waals surface area contributed by atoms with E-state index in [9.17, 15) is 10.1 Å². The first-order valence-electron chi connectivity index (χ1n) is 7.23. The van der Waals surface area contributed by atoms with E-state index in [0.717, 1.165) is 24.1 Å². The summed E-state index contributed by atoms with van der Waals surface area (Å²) >= 11 is 2.48. The minimum Gasteiger partial charge on any atom is -0.298 e. The lowest BCUT2D eigenvalue weighted by molar-refractivity contribution is -0.384. The van der Waals surface area contributed by atoms with Crippen molar-refractivity contribution in [3.05, 3.63) is 39.9 Å². The van der Waals surface area contributed by atoms with Crippen molar-refractivity contribution in [3.63, 3.8) is 0 Å². The highest BCUT2D eigenvalue weighted by molar-refractivity contribution is 14.1. The van der Waals surface area contributed by atoms with Crippen LogP contribution in [0.3, 0.4) is 0 Å². The van der Waals surface area contributed by atoms with Crippen LogP contribution in [0.1, 0.15) is 18.4 Å². The molecule has 4 rings (SSSR count). The molecule has 0 aromatic heterocycles. The zero-order valence-corrected chi connectivity index (χ0v) is 13.8. The summed E-state index contributed by atoms with van der Waals surface area (Å²) in [6.45, 7) is 2.30. The van der Waals surface area contributed by atoms with Crippen molar-refractivity contribution in [2.75, 3.05) is 17.5 Å². The maximum absolute atomic E-state index is 10.6. The van der Waals surface area contributed by atoms with E-state index >= 15 is 0 Å². The molecule has 0 amide bonds. The average molecular weight is 396 g/mol. The largest absolute Gasteiger partial charge is 0.298 e. The summed E-state index contributed by atoms with van der Waals surface area (Å²) in [7, 11) is 0. The number of hydrogen-bond acceptors (Lipinski definition) is 3. The highest BCUT2D eigenvalue weighted by atomic mass is 127. The fourth-order valence-corrected chi connectivity index (χ4v) is 4.22. The third-order valence-electron chi connectivity index (χ3n) is 4.54. The molecule has 3 saturated heterocycles. The van der Waals surface area contributed by atoms with Crippen molar-refractivity contribution in [1.29, 1.82) is 0 Å². The van der Waals surface area contributed by atoms with Crippen LogP contribution in [0.4, 0.5) is 5.69 Å². The number of halogens is 1. The Kier molecular flexibility index (Phi) is 4.45. The zero-order valence-electron chi connectivity index (χ0n) is 11.7.